The number of para-hydroxylation sites is 1. The molecule has 1 fully saturated rings. The predicted molar refractivity (Wildman–Crippen MR) is 67.8 cm³/mol. The lowest BCUT2D eigenvalue weighted by Gasteiger charge is -2.34. The van der Waals surface area contributed by atoms with Gasteiger partial charge in [0.05, 0.1) is 11.3 Å². The Morgan fingerprint density at radius 3 is 2.76 bits per heavy atom. The Labute approximate surface area is 102 Å². The quantitative estimate of drug-likeness (QED) is 0.847. The fraction of sp³-hybridized carbons (Fsp3) is 0.500. The van der Waals surface area contributed by atoms with Gasteiger partial charge in [-0.2, -0.15) is 5.26 Å². The molecule has 1 unspecified atom stereocenters. The standard InChI is InChI=1S/C14H18N2O/c1-14(2)7-11(10-17)9-16(14)13-6-4-3-5-12(13)8-15/h3-6,11,17H,7,9-10H2,1-2H3. The summed E-state index contributed by atoms with van der Waals surface area (Å²) in [6, 6.07) is 9.91. The van der Waals surface area contributed by atoms with Crippen molar-refractivity contribution in [2.24, 2.45) is 5.92 Å². The smallest absolute Gasteiger partial charge is 0.101 e. The molecule has 0 amide bonds. The van der Waals surface area contributed by atoms with Crippen LogP contribution in [0.3, 0.4) is 0 Å². The number of nitriles is 1. The van der Waals surface area contributed by atoms with E-state index in [4.69, 9.17) is 5.26 Å². The maximum Gasteiger partial charge on any atom is 0.101 e. The molecule has 0 aromatic heterocycles. The maximum absolute atomic E-state index is 9.30. The summed E-state index contributed by atoms with van der Waals surface area (Å²) < 4.78 is 0. The number of aliphatic hydroxyl groups excluding tert-OH is 1. The van der Waals surface area contributed by atoms with Crippen LogP contribution in [-0.4, -0.2) is 23.8 Å². The molecule has 1 N–H and O–H groups in total. The van der Waals surface area contributed by atoms with Crippen LogP contribution in [0.5, 0.6) is 0 Å². The first-order valence-electron chi connectivity index (χ1n) is 5.96. The van der Waals surface area contributed by atoms with Gasteiger partial charge in [0.2, 0.25) is 0 Å². The normalized spacial score (nSPS) is 22.5. The molecule has 1 saturated heterocycles. The Morgan fingerprint density at radius 2 is 2.18 bits per heavy atom. The van der Waals surface area contributed by atoms with Crippen LogP contribution in [0.4, 0.5) is 5.69 Å². The zero-order valence-electron chi connectivity index (χ0n) is 10.3. The Kier molecular flexibility index (Phi) is 3.08. The van der Waals surface area contributed by atoms with E-state index in [2.05, 4.69) is 24.8 Å². The minimum atomic E-state index is 0.000347. The second kappa shape index (κ2) is 4.38. The van der Waals surface area contributed by atoms with Gasteiger partial charge < -0.3 is 10.0 Å². The summed E-state index contributed by atoms with van der Waals surface area (Å²) in [6.45, 7) is 5.37. The van der Waals surface area contributed by atoms with E-state index in [-0.39, 0.29) is 12.1 Å². The van der Waals surface area contributed by atoms with Gasteiger partial charge in [-0.15, -0.1) is 0 Å². The van der Waals surface area contributed by atoms with Crippen molar-refractivity contribution in [2.75, 3.05) is 18.1 Å². The monoisotopic (exact) mass is 230 g/mol. The molecule has 17 heavy (non-hydrogen) atoms. The summed E-state index contributed by atoms with van der Waals surface area (Å²) in [5.41, 5.74) is 1.69. The topological polar surface area (TPSA) is 47.3 Å². The number of hydrogen-bond acceptors (Lipinski definition) is 3. The molecule has 90 valence electrons. The third kappa shape index (κ3) is 2.13. The Bertz CT molecular complexity index is 448. The second-order valence-corrected chi connectivity index (χ2v) is 5.30. The van der Waals surface area contributed by atoms with Crippen molar-refractivity contribution in [3.05, 3.63) is 29.8 Å². The molecule has 2 rings (SSSR count). The fourth-order valence-electron chi connectivity index (χ4n) is 2.74. The molecular formula is C14H18N2O. The second-order valence-electron chi connectivity index (χ2n) is 5.30. The van der Waals surface area contributed by atoms with Gasteiger partial charge >= 0.3 is 0 Å². The molecule has 1 aromatic rings. The Morgan fingerprint density at radius 1 is 1.47 bits per heavy atom. The average Bonchev–Trinajstić information content (AvgIpc) is 2.64. The first-order valence-corrected chi connectivity index (χ1v) is 5.96. The molecule has 3 nitrogen and oxygen atoms in total. The van der Waals surface area contributed by atoms with E-state index in [0.717, 1.165) is 18.7 Å². The number of hydrogen-bond donors (Lipinski definition) is 1. The van der Waals surface area contributed by atoms with Gasteiger partial charge in [-0.3, -0.25) is 0 Å². The summed E-state index contributed by atoms with van der Waals surface area (Å²) in [6.07, 6.45) is 0.962. The highest BCUT2D eigenvalue weighted by Gasteiger charge is 2.38. The van der Waals surface area contributed by atoms with Crippen LogP contribution >= 0.6 is 0 Å². The van der Waals surface area contributed by atoms with E-state index in [1.54, 1.807) is 0 Å². The van der Waals surface area contributed by atoms with Crippen LogP contribution in [0, 0.1) is 17.2 Å². The molecule has 0 bridgehead atoms. The van der Waals surface area contributed by atoms with Crippen molar-refractivity contribution in [3.8, 4) is 6.07 Å². The van der Waals surface area contributed by atoms with Gasteiger partial charge in [0.1, 0.15) is 6.07 Å². The van der Waals surface area contributed by atoms with Crippen molar-refractivity contribution in [2.45, 2.75) is 25.8 Å². The largest absolute Gasteiger partial charge is 0.396 e. The van der Waals surface area contributed by atoms with Gasteiger partial charge in [-0.1, -0.05) is 12.1 Å². The molecule has 1 atom stereocenters. The number of benzene rings is 1. The van der Waals surface area contributed by atoms with Gasteiger partial charge in [-0.05, 0) is 32.4 Å². The average molecular weight is 230 g/mol. The van der Waals surface area contributed by atoms with Crippen molar-refractivity contribution < 1.29 is 5.11 Å². The minimum Gasteiger partial charge on any atom is -0.396 e. The van der Waals surface area contributed by atoms with E-state index in [0.29, 0.717) is 11.5 Å². The fourth-order valence-corrected chi connectivity index (χ4v) is 2.74. The molecule has 1 aliphatic rings. The summed E-state index contributed by atoms with van der Waals surface area (Å²) >= 11 is 0. The molecule has 0 saturated carbocycles. The highest BCUT2D eigenvalue weighted by molar-refractivity contribution is 5.61. The molecule has 0 radical (unpaired) electrons. The van der Waals surface area contributed by atoms with E-state index < -0.39 is 0 Å². The summed E-state index contributed by atoms with van der Waals surface area (Å²) in [4.78, 5) is 2.24. The van der Waals surface area contributed by atoms with Crippen molar-refractivity contribution in [3.63, 3.8) is 0 Å². The van der Waals surface area contributed by atoms with E-state index in [1.165, 1.54) is 0 Å². The molecule has 1 aromatic carbocycles. The number of aliphatic hydroxyl groups is 1. The van der Waals surface area contributed by atoms with Crippen LogP contribution in [-0.2, 0) is 0 Å². The molecule has 1 aliphatic heterocycles. The van der Waals surface area contributed by atoms with E-state index in [1.807, 2.05) is 24.3 Å². The summed E-state index contributed by atoms with van der Waals surface area (Å²) in [5, 5.41) is 18.4. The summed E-state index contributed by atoms with van der Waals surface area (Å²) in [5.74, 6) is 0.303. The molecule has 0 spiro atoms. The minimum absolute atomic E-state index is 0.000347. The van der Waals surface area contributed by atoms with E-state index >= 15 is 0 Å². The van der Waals surface area contributed by atoms with Crippen LogP contribution < -0.4 is 4.90 Å². The lowest BCUT2D eigenvalue weighted by molar-refractivity contribution is 0.232. The predicted octanol–water partition coefficient (Wildman–Crippen LogP) is 2.16. The number of nitrogens with zero attached hydrogens (tertiary/aromatic N) is 2. The lowest BCUT2D eigenvalue weighted by atomic mass is 9.96. The Balaban J connectivity index is 2.37. The van der Waals surface area contributed by atoms with E-state index in [9.17, 15) is 5.11 Å². The van der Waals surface area contributed by atoms with Crippen molar-refractivity contribution in [1.82, 2.24) is 0 Å². The van der Waals surface area contributed by atoms with Crippen molar-refractivity contribution >= 4 is 5.69 Å². The zero-order chi connectivity index (χ0) is 12.5. The molecular weight excluding hydrogens is 212 g/mol. The van der Waals surface area contributed by atoms with Crippen molar-refractivity contribution in [1.29, 1.82) is 5.26 Å². The van der Waals surface area contributed by atoms with Gasteiger partial charge in [0, 0.05) is 24.6 Å². The highest BCUT2D eigenvalue weighted by atomic mass is 16.3. The van der Waals surface area contributed by atoms with Gasteiger partial charge in [0.25, 0.3) is 0 Å². The Hall–Kier alpha value is -1.53. The van der Waals surface area contributed by atoms with Crippen LogP contribution in [0.1, 0.15) is 25.8 Å². The number of anilines is 1. The van der Waals surface area contributed by atoms with Crippen LogP contribution in [0.25, 0.3) is 0 Å². The highest BCUT2D eigenvalue weighted by Crippen LogP contribution is 2.37. The third-order valence-electron chi connectivity index (χ3n) is 3.53. The molecule has 0 aliphatic carbocycles. The maximum atomic E-state index is 9.30. The summed E-state index contributed by atoms with van der Waals surface area (Å²) in [7, 11) is 0. The molecule has 1 heterocycles. The lowest BCUT2D eigenvalue weighted by Crippen LogP contribution is -2.38. The zero-order valence-corrected chi connectivity index (χ0v) is 10.3. The first kappa shape index (κ1) is 11.9. The number of rotatable bonds is 2. The van der Waals surface area contributed by atoms with Crippen LogP contribution in [0.2, 0.25) is 0 Å². The van der Waals surface area contributed by atoms with Gasteiger partial charge in [0.15, 0.2) is 0 Å². The molecule has 3 heteroatoms. The van der Waals surface area contributed by atoms with Crippen LogP contribution in [0.15, 0.2) is 24.3 Å². The first-order chi connectivity index (χ1) is 8.08. The third-order valence-corrected chi connectivity index (χ3v) is 3.53. The SMILES string of the molecule is CC1(C)CC(CO)CN1c1ccccc1C#N. The van der Waals surface area contributed by atoms with Gasteiger partial charge in [-0.25, -0.2) is 0 Å².